The van der Waals surface area contributed by atoms with Gasteiger partial charge in [0.05, 0.1) is 5.56 Å². The van der Waals surface area contributed by atoms with Gasteiger partial charge < -0.3 is 11.1 Å². The summed E-state index contributed by atoms with van der Waals surface area (Å²) in [5, 5.41) is 2.95. The molecule has 96 valence electrons. The van der Waals surface area contributed by atoms with Crippen molar-refractivity contribution in [3.63, 3.8) is 0 Å². The van der Waals surface area contributed by atoms with Gasteiger partial charge in [-0.25, -0.2) is 4.98 Å². The number of nitrogens with two attached hydrogens (primary N) is 1. The first-order valence-electron chi connectivity index (χ1n) is 5.47. The molecular formula is C11H16F3N3. The number of alkyl halides is 3. The summed E-state index contributed by atoms with van der Waals surface area (Å²) in [5.74, 6) is 0.236. The average molecular weight is 247 g/mol. The molecule has 1 atom stereocenters. The zero-order valence-corrected chi connectivity index (χ0v) is 9.59. The first kappa shape index (κ1) is 13.8. The van der Waals surface area contributed by atoms with Crippen molar-refractivity contribution in [3.05, 3.63) is 23.9 Å². The van der Waals surface area contributed by atoms with Crippen LogP contribution in [0.15, 0.2) is 18.3 Å². The summed E-state index contributed by atoms with van der Waals surface area (Å²) >= 11 is 0. The number of nitrogens with one attached hydrogen (secondary N) is 1. The second-order valence-electron chi connectivity index (χ2n) is 3.75. The maximum Gasteiger partial charge on any atom is 0.416 e. The van der Waals surface area contributed by atoms with Crippen LogP contribution >= 0.6 is 0 Å². The minimum Gasteiger partial charge on any atom is -0.367 e. The molecule has 0 aliphatic heterocycles. The van der Waals surface area contributed by atoms with Gasteiger partial charge in [-0.1, -0.05) is 6.92 Å². The fraction of sp³-hybridized carbons (Fsp3) is 0.545. The SMILES string of the molecule is CCC(CCN)Nc1cc(C(F)(F)F)ccn1. The highest BCUT2D eigenvalue weighted by Gasteiger charge is 2.30. The monoisotopic (exact) mass is 247 g/mol. The zero-order chi connectivity index (χ0) is 12.9. The summed E-state index contributed by atoms with van der Waals surface area (Å²) in [6.45, 7) is 2.44. The summed E-state index contributed by atoms with van der Waals surface area (Å²) in [4.78, 5) is 3.87. The van der Waals surface area contributed by atoms with Crippen LogP contribution in [0.25, 0.3) is 0 Å². The maximum atomic E-state index is 12.5. The van der Waals surface area contributed by atoms with Crippen molar-refractivity contribution in [1.82, 2.24) is 4.98 Å². The number of pyridine rings is 1. The molecule has 0 radical (unpaired) electrons. The van der Waals surface area contributed by atoms with Gasteiger partial charge in [-0.3, -0.25) is 0 Å². The lowest BCUT2D eigenvalue weighted by atomic mass is 10.1. The lowest BCUT2D eigenvalue weighted by Gasteiger charge is -2.17. The van der Waals surface area contributed by atoms with Gasteiger partial charge >= 0.3 is 6.18 Å². The molecule has 0 bridgehead atoms. The summed E-state index contributed by atoms with van der Waals surface area (Å²) < 4.78 is 37.4. The van der Waals surface area contributed by atoms with Gasteiger partial charge in [0.15, 0.2) is 0 Å². The highest BCUT2D eigenvalue weighted by molar-refractivity contribution is 5.39. The van der Waals surface area contributed by atoms with Crippen molar-refractivity contribution in [2.75, 3.05) is 11.9 Å². The van der Waals surface area contributed by atoms with Gasteiger partial charge in [0.2, 0.25) is 0 Å². The standard InChI is InChI=1S/C11H16F3N3/c1-2-9(3-5-15)17-10-7-8(4-6-16-10)11(12,13)14/h4,6-7,9H,2-3,5,15H2,1H3,(H,16,17). The Hall–Kier alpha value is -1.30. The van der Waals surface area contributed by atoms with Crippen LogP contribution in [0.1, 0.15) is 25.3 Å². The van der Waals surface area contributed by atoms with Gasteiger partial charge in [-0.2, -0.15) is 13.2 Å². The van der Waals surface area contributed by atoms with Gasteiger partial charge in [-0.05, 0) is 31.5 Å². The minimum absolute atomic E-state index is 0.0518. The normalized spacial score (nSPS) is 13.5. The Morgan fingerprint density at radius 3 is 2.71 bits per heavy atom. The van der Waals surface area contributed by atoms with Crippen molar-refractivity contribution in [2.24, 2.45) is 5.73 Å². The highest BCUT2D eigenvalue weighted by atomic mass is 19.4. The lowest BCUT2D eigenvalue weighted by Crippen LogP contribution is -2.23. The van der Waals surface area contributed by atoms with Gasteiger partial charge in [-0.15, -0.1) is 0 Å². The number of hydrogen-bond acceptors (Lipinski definition) is 3. The first-order valence-corrected chi connectivity index (χ1v) is 5.47. The largest absolute Gasteiger partial charge is 0.416 e. The Labute approximate surface area is 98.2 Å². The Kier molecular flexibility index (Phi) is 4.74. The Balaban J connectivity index is 2.78. The predicted molar refractivity (Wildman–Crippen MR) is 60.6 cm³/mol. The molecule has 0 fully saturated rings. The number of aromatic nitrogens is 1. The van der Waals surface area contributed by atoms with Crippen LogP contribution in [-0.2, 0) is 6.18 Å². The molecule has 3 nitrogen and oxygen atoms in total. The van der Waals surface area contributed by atoms with Crippen molar-refractivity contribution >= 4 is 5.82 Å². The summed E-state index contributed by atoms with van der Waals surface area (Å²) in [6.07, 6.45) is -1.70. The van der Waals surface area contributed by atoms with Crippen molar-refractivity contribution < 1.29 is 13.2 Å². The number of halogens is 3. The molecule has 1 unspecified atom stereocenters. The third-order valence-corrected chi connectivity index (χ3v) is 2.45. The van der Waals surface area contributed by atoms with Crippen LogP contribution < -0.4 is 11.1 Å². The fourth-order valence-electron chi connectivity index (χ4n) is 1.47. The maximum absolute atomic E-state index is 12.5. The molecule has 0 spiro atoms. The Bertz CT molecular complexity index is 352. The van der Waals surface area contributed by atoms with E-state index in [1.54, 1.807) is 0 Å². The smallest absolute Gasteiger partial charge is 0.367 e. The summed E-state index contributed by atoms with van der Waals surface area (Å²) in [7, 11) is 0. The number of nitrogens with zero attached hydrogens (tertiary/aromatic N) is 1. The van der Waals surface area contributed by atoms with E-state index in [2.05, 4.69) is 10.3 Å². The molecule has 1 rings (SSSR count). The molecule has 0 saturated heterocycles. The van der Waals surface area contributed by atoms with Crippen molar-refractivity contribution in [2.45, 2.75) is 32.0 Å². The number of anilines is 1. The molecular weight excluding hydrogens is 231 g/mol. The van der Waals surface area contributed by atoms with Crippen LogP contribution in [0.4, 0.5) is 19.0 Å². The molecule has 0 saturated carbocycles. The number of rotatable bonds is 5. The van der Waals surface area contributed by atoms with E-state index in [1.807, 2.05) is 6.92 Å². The van der Waals surface area contributed by atoms with Crippen LogP contribution in [0, 0.1) is 0 Å². The van der Waals surface area contributed by atoms with Gasteiger partial charge in [0, 0.05) is 12.2 Å². The van der Waals surface area contributed by atoms with Crippen molar-refractivity contribution in [1.29, 1.82) is 0 Å². The lowest BCUT2D eigenvalue weighted by molar-refractivity contribution is -0.137. The van der Waals surface area contributed by atoms with E-state index >= 15 is 0 Å². The zero-order valence-electron chi connectivity index (χ0n) is 9.59. The first-order chi connectivity index (χ1) is 7.97. The van der Waals surface area contributed by atoms with Gasteiger partial charge in [0.25, 0.3) is 0 Å². The number of hydrogen-bond donors (Lipinski definition) is 2. The quantitative estimate of drug-likeness (QED) is 0.841. The molecule has 0 amide bonds. The van der Waals surface area contributed by atoms with E-state index in [-0.39, 0.29) is 11.9 Å². The highest BCUT2D eigenvalue weighted by Crippen LogP contribution is 2.30. The van der Waals surface area contributed by atoms with Crippen LogP contribution in [0.3, 0.4) is 0 Å². The molecule has 3 N–H and O–H groups in total. The predicted octanol–water partition coefficient (Wildman–Crippen LogP) is 2.64. The average Bonchev–Trinajstić information content (AvgIpc) is 2.28. The van der Waals surface area contributed by atoms with Gasteiger partial charge in [0.1, 0.15) is 5.82 Å². The molecule has 0 aromatic carbocycles. The molecule has 1 heterocycles. The molecule has 0 aliphatic carbocycles. The second kappa shape index (κ2) is 5.86. The Morgan fingerprint density at radius 2 is 2.18 bits per heavy atom. The van der Waals surface area contributed by atoms with E-state index in [4.69, 9.17) is 5.73 Å². The van der Waals surface area contributed by atoms with E-state index in [9.17, 15) is 13.2 Å². The van der Waals surface area contributed by atoms with E-state index in [0.717, 1.165) is 24.8 Å². The molecule has 17 heavy (non-hydrogen) atoms. The van der Waals surface area contributed by atoms with E-state index in [1.165, 1.54) is 0 Å². The van der Waals surface area contributed by atoms with Crippen LogP contribution in [0.5, 0.6) is 0 Å². The molecule has 6 heteroatoms. The topological polar surface area (TPSA) is 50.9 Å². The Morgan fingerprint density at radius 1 is 1.47 bits per heavy atom. The minimum atomic E-state index is -4.34. The van der Waals surface area contributed by atoms with Crippen LogP contribution in [0.2, 0.25) is 0 Å². The molecule has 1 aromatic rings. The van der Waals surface area contributed by atoms with E-state index < -0.39 is 11.7 Å². The third-order valence-electron chi connectivity index (χ3n) is 2.45. The third kappa shape index (κ3) is 4.22. The van der Waals surface area contributed by atoms with E-state index in [0.29, 0.717) is 13.0 Å². The fourth-order valence-corrected chi connectivity index (χ4v) is 1.47. The van der Waals surface area contributed by atoms with Crippen LogP contribution in [-0.4, -0.2) is 17.6 Å². The molecule has 1 aromatic heterocycles. The second-order valence-corrected chi connectivity index (χ2v) is 3.75. The molecule has 0 aliphatic rings. The summed E-state index contributed by atoms with van der Waals surface area (Å²) in [6, 6.07) is 2.02. The summed E-state index contributed by atoms with van der Waals surface area (Å²) in [5.41, 5.74) is 4.72. The van der Waals surface area contributed by atoms with Crippen molar-refractivity contribution in [3.8, 4) is 0 Å².